The van der Waals surface area contributed by atoms with Gasteiger partial charge < -0.3 is 9.97 Å². The Labute approximate surface area is 413 Å². The molecule has 354 valence electrons. The lowest BCUT2D eigenvalue weighted by Crippen LogP contribution is -2.34. The Morgan fingerprint density at radius 2 is 0.528 bits per heavy atom. The number of fused-ring (bicyclic) bond motifs is 24. The summed E-state index contributed by atoms with van der Waals surface area (Å²) in [5.41, 5.74) is 14.3. The van der Waals surface area contributed by atoms with E-state index in [1.165, 1.54) is 0 Å². The van der Waals surface area contributed by atoms with E-state index in [0.717, 1.165) is 71.2 Å². The highest BCUT2D eigenvalue weighted by Gasteiger charge is 2.49. The summed E-state index contributed by atoms with van der Waals surface area (Å²) in [5, 5.41) is 0. The van der Waals surface area contributed by atoms with E-state index < -0.39 is 0 Å². The van der Waals surface area contributed by atoms with E-state index in [1.54, 1.807) is 0 Å². The van der Waals surface area contributed by atoms with Gasteiger partial charge in [0.1, 0.15) is 44.8 Å². The minimum Gasteiger partial charge on any atom is -0.321 e. The van der Waals surface area contributed by atoms with Crippen molar-refractivity contribution in [2.75, 3.05) is 0 Å². The lowest BCUT2D eigenvalue weighted by molar-refractivity contribution is 0.243. The van der Waals surface area contributed by atoms with Crippen LogP contribution in [0.2, 0.25) is 0 Å². The predicted octanol–water partition coefficient (Wildman–Crippen LogP) is 10.7. The highest BCUT2D eigenvalue weighted by Crippen LogP contribution is 2.58. The molecule has 12 aliphatic carbocycles. The molecule has 7 aromatic heterocycles. The fourth-order valence-electron chi connectivity index (χ4n) is 14.7. The average Bonchev–Trinajstić information content (AvgIpc) is 4.06. The predicted molar refractivity (Wildman–Crippen MR) is 270 cm³/mol. The van der Waals surface area contributed by atoms with Gasteiger partial charge in [-0.25, -0.2) is 69.8 Å². The second kappa shape index (κ2) is 12.6. The van der Waals surface area contributed by atoms with Gasteiger partial charge in [0, 0.05) is 47.3 Å². The second-order valence-corrected chi connectivity index (χ2v) is 25.0. The highest BCUT2D eigenvalue weighted by atomic mass is 15.1. The van der Waals surface area contributed by atoms with Crippen LogP contribution in [0.4, 0.5) is 0 Å². The van der Waals surface area contributed by atoms with Gasteiger partial charge in [-0.15, -0.1) is 0 Å². The summed E-state index contributed by atoms with van der Waals surface area (Å²) >= 11 is 0. The molecule has 8 unspecified atom stereocenters. The third-order valence-corrected chi connectivity index (χ3v) is 18.4. The van der Waals surface area contributed by atoms with Crippen LogP contribution in [0.15, 0.2) is 48.6 Å². The highest BCUT2D eigenvalue weighted by molar-refractivity contribution is 6.01. The standard InChI is InChI=1S/C56H50N16/c1-53(2)17-21-9-13-25(53)33-29(21)57-37-41(61-33)49-66-45(37)65-46-38-42(62-34-26-14-10-22(30(34)58-38)18-54(26,3)4)50(67-46)69-48-40-44(64-36-28-16-12-24(32(36)60-40)20-56(28,7)8)52(71-48)72-51-43-39(47(68-49)70-51)59-31-23-11-15-27(35(31)63-43)55(5,6)19-23/h9-16,21-28H,17-20H2,1-8H3,(H2,65,66,67,68,69,70,71,72). The van der Waals surface area contributed by atoms with Crippen LogP contribution in [0.1, 0.15) is 174 Å². The van der Waals surface area contributed by atoms with Crippen LogP contribution in [-0.2, 0) is 0 Å². The van der Waals surface area contributed by atoms with Crippen molar-refractivity contribution in [3.63, 3.8) is 0 Å². The molecule has 7 aromatic rings. The first-order valence-electron chi connectivity index (χ1n) is 25.8. The van der Waals surface area contributed by atoms with Gasteiger partial charge in [-0.05, 0) is 47.3 Å². The van der Waals surface area contributed by atoms with Gasteiger partial charge in [0.15, 0.2) is 45.9 Å². The van der Waals surface area contributed by atoms with Crippen LogP contribution in [0.25, 0.3) is 90.7 Å². The van der Waals surface area contributed by atoms with E-state index in [2.05, 4.69) is 114 Å². The topological polar surface area (TPSA) is 212 Å². The number of rotatable bonds is 0. The molecule has 16 bridgehead atoms. The maximum Gasteiger partial charge on any atom is 0.184 e. The smallest absolute Gasteiger partial charge is 0.184 e. The summed E-state index contributed by atoms with van der Waals surface area (Å²) < 4.78 is 0. The number of aromatic nitrogens is 16. The molecule has 0 fully saturated rings. The molecule has 72 heavy (non-hydrogen) atoms. The summed E-state index contributed by atoms with van der Waals surface area (Å²) in [6.45, 7) is 18.6. The Morgan fingerprint density at radius 1 is 0.292 bits per heavy atom. The molecule has 2 N–H and O–H groups in total. The summed E-state index contributed by atoms with van der Waals surface area (Å²) in [6.07, 6.45) is 22.3. The van der Waals surface area contributed by atoms with Gasteiger partial charge >= 0.3 is 0 Å². The Bertz CT molecular complexity index is 4090. The van der Waals surface area contributed by atoms with E-state index >= 15 is 0 Å². The number of nitrogens with one attached hydrogen (secondary N) is 2. The van der Waals surface area contributed by atoms with Crippen LogP contribution < -0.4 is 0 Å². The lowest BCUT2D eigenvalue weighted by Gasteiger charge is -2.44. The Morgan fingerprint density at radius 3 is 0.806 bits per heavy atom. The van der Waals surface area contributed by atoms with Crippen molar-refractivity contribution in [1.29, 1.82) is 0 Å². The Balaban J connectivity index is 1.01. The minimum atomic E-state index is 0.00685. The summed E-state index contributed by atoms with van der Waals surface area (Å²) in [7, 11) is 0. The van der Waals surface area contributed by atoms with E-state index in [-0.39, 0.29) is 69.0 Å². The van der Waals surface area contributed by atoms with Crippen LogP contribution in [0, 0.1) is 21.7 Å². The van der Waals surface area contributed by atoms with Crippen molar-refractivity contribution in [3.8, 4) is 46.1 Å². The van der Waals surface area contributed by atoms with E-state index in [0.29, 0.717) is 90.7 Å². The molecule has 0 spiro atoms. The Hall–Kier alpha value is -7.36. The second-order valence-electron chi connectivity index (χ2n) is 25.0. The van der Waals surface area contributed by atoms with Gasteiger partial charge in [-0.2, -0.15) is 0 Å². The average molecular weight is 947 g/mol. The summed E-state index contributed by atoms with van der Waals surface area (Å²) in [6, 6.07) is 0. The number of nitrogens with zero attached hydrogens (tertiary/aromatic N) is 14. The third-order valence-electron chi connectivity index (χ3n) is 18.4. The normalized spacial score (nSPS) is 28.6. The van der Waals surface area contributed by atoms with Crippen LogP contribution in [0.3, 0.4) is 0 Å². The van der Waals surface area contributed by atoms with E-state index in [9.17, 15) is 0 Å². The summed E-state index contributed by atoms with van der Waals surface area (Å²) in [4.78, 5) is 83.1. The van der Waals surface area contributed by atoms with Crippen molar-refractivity contribution < 1.29 is 0 Å². The van der Waals surface area contributed by atoms with Gasteiger partial charge in [-0.1, -0.05) is 104 Å². The largest absolute Gasteiger partial charge is 0.321 e. The molecule has 14 aliphatic rings. The Kier molecular flexibility index (Phi) is 7.06. The number of aromatic amines is 2. The maximum atomic E-state index is 5.50. The van der Waals surface area contributed by atoms with Gasteiger partial charge in [0.2, 0.25) is 0 Å². The first-order valence-corrected chi connectivity index (χ1v) is 25.8. The fourth-order valence-corrected chi connectivity index (χ4v) is 14.7. The van der Waals surface area contributed by atoms with Crippen molar-refractivity contribution >= 4 is 44.7 Å². The van der Waals surface area contributed by atoms with Crippen LogP contribution in [-0.4, -0.2) is 79.7 Å². The zero-order valence-corrected chi connectivity index (χ0v) is 41.3. The monoisotopic (exact) mass is 946 g/mol. The molecule has 9 heterocycles. The summed E-state index contributed by atoms with van der Waals surface area (Å²) in [5.74, 6) is 2.39. The van der Waals surface area contributed by atoms with Gasteiger partial charge in [0.05, 0.1) is 45.6 Å². The molecule has 0 saturated heterocycles. The van der Waals surface area contributed by atoms with Crippen molar-refractivity contribution in [3.05, 3.63) is 94.2 Å². The quantitative estimate of drug-likeness (QED) is 0.135. The molecule has 0 radical (unpaired) electrons. The minimum absolute atomic E-state index is 0.00685. The van der Waals surface area contributed by atoms with E-state index in [4.69, 9.17) is 69.8 Å². The zero-order chi connectivity index (χ0) is 48.3. The number of allylic oxidation sites excluding steroid dienone is 8. The van der Waals surface area contributed by atoms with Gasteiger partial charge in [0.25, 0.3) is 0 Å². The zero-order valence-electron chi connectivity index (χ0n) is 41.3. The number of hydrogen-bond acceptors (Lipinski definition) is 14. The molecule has 16 heteroatoms. The van der Waals surface area contributed by atoms with Crippen molar-refractivity contribution in [2.24, 2.45) is 21.7 Å². The molecule has 8 atom stereocenters. The SMILES string of the molecule is CC1(C)CC2C=CC1c1nc3c(nc12)-c1nc-3nc2[nH]c(nc3nc(nc4[nH]c(n1)c1nc5c(nc41)C1C=CC5CC1(C)C)-c1nc4c(nc1-3)C1C=CC4CC1(C)C)c1nc3c(nc21)C1C=CC3C(C)(C)C1. The molecule has 0 amide bonds. The van der Waals surface area contributed by atoms with Crippen molar-refractivity contribution in [2.45, 2.75) is 128 Å². The molecule has 2 aliphatic heterocycles. The molecular formula is C56H50N16. The third kappa shape index (κ3) is 5.07. The molecule has 0 saturated carbocycles. The first-order chi connectivity index (χ1) is 34.5. The molecule has 16 nitrogen and oxygen atoms in total. The first kappa shape index (κ1) is 40.3. The molecular weight excluding hydrogens is 897 g/mol. The van der Waals surface area contributed by atoms with Crippen molar-refractivity contribution in [1.82, 2.24) is 79.7 Å². The molecule has 21 rings (SSSR count). The number of hydrogen-bond donors (Lipinski definition) is 2. The van der Waals surface area contributed by atoms with E-state index in [1.807, 2.05) is 0 Å². The fraction of sp³-hybridized carbons (Fsp3) is 0.429. The molecule has 0 aromatic carbocycles. The van der Waals surface area contributed by atoms with Gasteiger partial charge in [-0.3, -0.25) is 0 Å². The van der Waals surface area contributed by atoms with Crippen LogP contribution in [0.5, 0.6) is 0 Å². The lowest BCUT2D eigenvalue weighted by atomic mass is 9.61. The maximum absolute atomic E-state index is 5.50. The van der Waals surface area contributed by atoms with Crippen LogP contribution >= 0.6 is 0 Å². The number of H-pyrrole nitrogens is 2.